The molecule has 13 nitrogen and oxygen atoms in total. The number of rotatable bonds is 5. The van der Waals surface area contributed by atoms with Crippen molar-refractivity contribution in [1.29, 1.82) is 0 Å². The number of fused-ring (bicyclic) bond motifs is 1. The zero-order valence-electron chi connectivity index (χ0n) is 17.0. The Hall–Kier alpha value is -2.03. The summed E-state index contributed by atoms with van der Waals surface area (Å²) in [5.74, 6) is 0.173. The maximum atomic E-state index is 13.0. The molecule has 2 fully saturated rings. The first-order chi connectivity index (χ1) is 15.8. The average Bonchev–Trinajstić information content (AvgIpc) is 3.35. The number of aliphatic hydroxyl groups is 2. The Labute approximate surface area is 195 Å². The zero-order valence-corrected chi connectivity index (χ0v) is 19.4. The van der Waals surface area contributed by atoms with Crippen molar-refractivity contribution >= 4 is 40.7 Å². The van der Waals surface area contributed by atoms with E-state index in [1.54, 1.807) is 12.4 Å². The number of nitrogen functional groups attached to an aromatic ring is 1. The van der Waals surface area contributed by atoms with Crippen LogP contribution >= 0.6 is 23.8 Å². The highest BCUT2D eigenvalue weighted by Gasteiger charge is 2.46. The summed E-state index contributed by atoms with van der Waals surface area (Å²) in [6.45, 7) is -0.199. The maximum absolute atomic E-state index is 13.0. The summed E-state index contributed by atoms with van der Waals surface area (Å²) in [7, 11) is -3.95. The minimum Gasteiger partial charge on any atom is -0.387 e. The molecule has 15 heteroatoms. The van der Waals surface area contributed by atoms with Crippen LogP contribution < -0.4 is 5.73 Å². The summed E-state index contributed by atoms with van der Waals surface area (Å²) >= 11 is 3.35. The fraction of sp³-hybridized carbons (Fsp3) is 0.444. The Morgan fingerprint density at radius 1 is 1.27 bits per heavy atom. The van der Waals surface area contributed by atoms with Gasteiger partial charge >= 0.3 is 7.82 Å². The van der Waals surface area contributed by atoms with Crippen LogP contribution in [0, 0.1) is 0 Å². The topological polar surface area (TPSA) is 177 Å². The van der Waals surface area contributed by atoms with Crippen LogP contribution in [0.15, 0.2) is 35.6 Å². The normalized spacial score (nSPS) is 32.4. The molecule has 0 radical (unpaired) electrons. The molecule has 0 amide bonds. The van der Waals surface area contributed by atoms with Gasteiger partial charge in [0.05, 0.1) is 25.6 Å². The van der Waals surface area contributed by atoms with Crippen molar-refractivity contribution in [3.8, 4) is 0 Å². The lowest BCUT2D eigenvalue weighted by Gasteiger charge is -2.29. The number of anilines is 1. The Balaban J connectivity index is 1.27. The highest BCUT2D eigenvalue weighted by Crippen LogP contribution is 2.57. The summed E-state index contributed by atoms with van der Waals surface area (Å²) < 4.78 is 37.3. The lowest BCUT2D eigenvalue weighted by molar-refractivity contribution is -0.0578. The second-order valence-electron chi connectivity index (χ2n) is 7.52. The van der Waals surface area contributed by atoms with E-state index in [-0.39, 0.29) is 19.0 Å². The molecule has 0 aliphatic carbocycles. The van der Waals surface area contributed by atoms with Crippen LogP contribution in [0.5, 0.6) is 0 Å². The second kappa shape index (κ2) is 8.96. The highest BCUT2D eigenvalue weighted by atomic mass is 79.9. The molecule has 0 spiro atoms. The summed E-state index contributed by atoms with van der Waals surface area (Å²) in [6, 6.07) is 1.81. The number of halogens is 1. The van der Waals surface area contributed by atoms with Gasteiger partial charge in [-0.25, -0.2) is 19.5 Å². The monoisotopic (exact) mass is 542 g/mol. The molecule has 176 valence electrons. The minimum atomic E-state index is -3.95. The number of nitrogens with two attached hydrogens (primary N) is 1. The third-order valence-electron chi connectivity index (χ3n) is 5.38. The smallest absolute Gasteiger partial charge is 0.387 e. The first kappa shape index (κ1) is 22.7. The first-order valence-corrected chi connectivity index (χ1v) is 12.2. The number of aromatic nitrogens is 5. The third kappa shape index (κ3) is 4.40. The molecule has 2 saturated heterocycles. The van der Waals surface area contributed by atoms with E-state index in [9.17, 15) is 14.8 Å². The van der Waals surface area contributed by atoms with Crippen LogP contribution in [-0.2, 0) is 22.9 Å². The molecular weight excluding hydrogens is 523 g/mol. The molecule has 3 aromatic rings. The predicted octanol–water partition coefficient (Wildman–Crippen LogP) is 1.49. The molecule has 4 N–H and O–H groups in total. The van der Waals surface area contributed by atoms with E-state index < -0.39 is 38.5 Å². The number of phosphoric ester groups is 1. The quantitative estimate of drug-likeness (QED) is 0.396. The van der Waals surface area contributed by atoms with Gasteiger partial charge in [0, 0.05) is 28.9 Å². The third-order valence-corrected chi connectivity index (χ3v) is 7.29. The highest BCUT2D eigenvalue weighted by molar-refractivity contribution is 9.10. The van der Waals surface area contributed by atoms with E-state index >= 15 is 0 Å². The first-order valence-electron chi connectivity index (χ1n) is 9.97. The molecule has 6 atom stereocenters. The van der Waals surface area contributed by atoms with Gasteiger partial charge in [-0.3, -0.25) is 23.1 Å². The number of imidazole rings is 1. The molecule has 2 aliphatic rings. The van der Waals surface area contributed by atoms with Gasteiger partial charge in [0.2, 0.25) is 0 Å². The van der Waals surface area contributed by atoms with Crippen LogP contribution in [0.3, 0.4) is 0 Å². The van der Waals surface area contributed by atoms with Crippen molar-refractivity contribution in [2.24, 2.45) is 0 Å². The number of hydrogen-bond donors (Lipinski definition) is 3. The second-order valence-corrected chi connectivity index (χ2v) is 10.1. The Morgan fingerprint density at radius 3 is 2.94 bits per heavy atom. The van der Waals surface area contributed by atoms with Crippen LogP contribution in [0.4, 0.5) is 5.82 Å². The van der Waals surface area contributed by atoms with E-state index in [1.807, 2.05) is 6.07 Å². The molecule has 3 aromatic heterocycles. The van der Waals surface area contributed by atoms with Gasteiger partial charge in [0.1, 0.15) is 30.2 Å². The maximum Gasteiger partial charge on any atom is 0.475 e. The Bertz CT molecular complexity index is 1210. The lowest BCUT2D eigenvalue weighted by Crippen LogP contribution is -2.34. The Morgan fingerprint density at radius 2 is 2.12 bits per heavy atom. The number of nitrogens with zero attached hydrogens (tertiary/aromatic N) is 5. The molecule has 1 unspecified atom stereocenters. The molecule has 2 aliphatic heterocycles. The summed E-state index contributed by atoms with van der Waals surface area (Å²) in [6.07, 6.45) is 1.09. The largest absolute Gasteiger partial charge is 0.475 e. The molecule has 5 rings (SSSR count). The standard InChI is InChI=1S/C18H20BrN6O7P/c19-10-3-9(4-21-5-10)11-1-2-29-33(28,32-11)30-6-12-14(26)15(27)18(31-12)25-8-24-13-16(20)22-7-23-17(13)25/h3-5,7-8,11-12,14-15,18,26-27H,1-2,6H2,(H2,20,22,23)/t11-,12+,14+,15+,18+,33?/m0/s1. The van der Waals surface area contributed by atoms with Gasteiger partial charge in [-0.05, 0) is 22.0 Å². The van der Waals surface area contributed by atoms with Gasteiger partial charge < -0.3 is 20.7 Å². The molecule has 33 heavy (non-hydrogen) atoms. The molecule has 5 heterocycles. The summed E-state index contributed by atoms with van der Waals surface area (Å²) in [4.78, 5) is 16.2. The van der Waals surface area contributed by atoms with Gasteiger partial charge in [-0.1, -0.05) is 0 Å². The lowest BCUT2D eigenvalue weighted by atomic mass is 10.1. The SMILES string of the molecule is Nc1ncnc2c1ncn2[C@@H]1O[C@H](COP2(=O)OCC[C@@H](c3cncc(Br)c3)O2)[C@@H](O)[C@H]1O. The van der Waals surface area contributed by atoms with Crippen molar-refractivity contribution in [2.75, 3.05) is 18.9 Å². The molecule has 0 aromatic carbocycles. The van der Waals surface area contributed by atoms with Crippen LogP contribution in [-0.4, -0.2) is 66.2 Å². The van der Waals surface area contributed by atoms with E-state index in [1.165, 1.54) is 17.2 Å². The number of phosphoric acid groups is 1. The van der Waals surface area contributed by atoms with Gasteiger partial charge in [-0.2, -0.15) is 0 Å². The van der Waals surface area contributed by atoms with Crippen molar-refractivity contribution in [3.05, 3.63) is 41.2 Å². The fourth-order valence-electron chi connectivity index (χ4n) is 3.73. The number of aliphatic hydroxyl groups excluding tert-OH is 2. The number of hydrogen-bond acceptors (Lipinski definition) is 12. The van der Waals surface area contributed by atoms with Gasteiger partial charge in [0.25, 0.3) is 0 Å². The van der Waals surface area contributed by atoms with Crippen molar-refractivity contribution < 1.29 is 33.1 Å². The van der Waals surface area contributed by atoms with Crippen molar-refractivity contribution in [2.45, 2.75) is 37.1 Å². The number of ether oxygens (including phenoxy) is 1. The minimum absolute atomic E-state index is 0.149. The Kier molecular flexibility index (Phi) is 6.18. The predicted molar refractivity (Wildman–Crippen MR) is 116 cm³/mol. The summed E-state index contributed by atoms with van der Waals surface area (Å²) in [5.41, 5.74) is 7.19. The van der Waals surface area contributed by atoms with E-state index in [4.69, 9.17) is 24.0 Å². The van der Waals surface area contributed by atoms with Gasteiger partial charge in [0.15, 0.2) is 17.7 Å². The van der Waals surface area contributed by atoms with Crippen molar-refractivity contribution in [3.63, 3.8) is 0 Å². The van der Waals surface area contributed by atoms with E-state index in [0.717, 1.165) is 10.0 Å². The van der Waals surface area contributed by atoms with Crippen molar-refractivity contribution in [1.82, 2.24) is 24.5 Å². The molecule has 0 bridgehead atoms. The van der Waals surface area contributed by atoms with Crippen LogP contribution in [0.2, 0.25) is 0 Å². The van der Waals surface area contributed by atoms with E-state index in [0.29, 0.717) is 17.6 Å². The molecular formula is C18H20BrN6O7P. The number of pyridine rings is 1. The molecule has 0 saturated carbocycles. The van der Waals surface area contributed by atoms with Gasteiger partial charge in [-0.15, -0.1) is 0 Å². The summed E-state index contributed by atoms with van der Waals surface area (Å²) in [5, 5.41) is 21.0. The van der Waals surface area contributed by atoms with Crippen LogP contribution in [0.25, 0.3) is 11.2 Å². The zero-order chi connectivity index (χ0) is 23.2. The fourth-order valence-corrected chi connectivity index (χ4v) is 5.50. The van der Waals surface area contributed by atoms with Crippen LogP contribution in [0.1, 0.15) is 24.3 Å². The van der Waals surface area contributed by atoms with E-state index in [2.05, 4.69) is 35.9 Å². The average molecular weight is 543 g/mol.